The minimum absolute atomic E-state index is 0.106. The van der Waals surface area contributed by atoms with Gasteiger partial charge in [-0.25, -0.2) is 0 Å². The largest absolute Gasteiger partial charge is 0.389 e. The van der Waals surface area contributed by atoms with Crippen LogP contribution >= 0.6 is 0 Å². The van der Waals surface area contributed by atoms with E-state index in [-0.39, 0.29) is 10.8 Å². The minimum Gasteiger partial charge on any atom is -0.389 e. The van der Waals surface area contributed by atoms with Crippen LogP contribution in [0.2, 0.25) is 0 Å². The molecule has 3 fully saturated rings. The summed E-state index contributed by atoms with van der Waals surface area (Å²) in [7, 11) is 0. The third-order valence-corrected chi connectivity index (χ3v) is 9.78. The van der Waals surface area contributed by atoms with Crippen molar-refractivity contribution in [1.82, 2.24) is 0 Å². The van der Waals surface area contributed by atoms with Gasteiger partial charge in [0.05, 0.1) is 5.60 Å². The van der Waals surface area contributed by atoms with Crippen molar-refractivity contribution in [2.45, 2.75) is 97.5 Å². The van der Waals surface area contributed by atoms with Crippen molar-refractivity contribution in [2.24, 2.45) is 34.5 Å². The zero-order valence-electron chi connectivity index (χ0n) is 17.3. The second-order valence-corrected chi connectivity index (χ2v) is 10.6. The number of hydrogen-bond acceptors (Lipinski definition) is 2. The molecule has 146 valence electrons. The van der Waals surface area contributed by atoms with Gasteiger partial charge in [0.1, 0.15) is 0 Å². The molecule has 3 saturated carbocycles. The third kappa shape index (κ3) is 2.36. The number of unbranched alkanes of at least 4 members (excludes halogenated alkanes) is 1. The topological polar surface area (TPSA) is 37.3 Å². The van der Waals surface area contributed by atoms with E-state index in [1.807, 2.05) is 6.08 Å². The Balaban J connectivity index is 1.65. The smallest absolute Gasteiger partial charge is 0.155 e. The van der Waals surface area contributed by atoms with Gasteiger partial charge in [0.2, 0.25) is 0 Å². The van der Waals surface area contributed by atoms with Gasteiger partial charge in [-0.05, 0) is 85.5 Å². The molecule has 0 aromatic heterocycles. The summed E-state index contributed by atoms with van der Waals surface area (Å²) >= 11 is 0. The molecule has 0 aromatic carbocycles. The summed E-state index contributed by atoms with van der Waals surface area (Å²) in [5.41, 5.74) is 1.33. The standard InChI is InChI=1S/C24H38O2/c1-5-6-11-24(26)13-10-20-19-8-7-17-15-18(25)14-16(2)23(17,4)21(19)9-12-22(20,24)3/h15-16,19-21,26H,5-14H2,1-4H3/t16-,19-,20-,21-,22-,23-,24-/m0/s1. The Morgan fingerprint density at radius 1 is 1.15 bits per heavy atom. The Hall–Kier alpha value is -0.630. The number of allylic oxidation sites excluding steroid dienone is 1. The molecular weight excluding hydrogens is 320 g/mol. The molecule has 0 spiro atoms. The van der Waals surface area contributed by atoms with E-state index in [4.69, 9.17) is 0 Å². The highest BCUT2D eigenvalue weighted by Crippen LogP contribution is 2.68. The summed E-state index contributed by atoms with van der Waals surface area (Å²) in [6.45, 7) is 9.43. The number of aliphatic hydroxyl groups is 1. The van der Waals surface area contributed by atoms with Crippen LogP contribution in [0, 0.1) is 34.5 Å². The Bertz CT molecular complexity index is 622. The number of fused-ring (bicyclic) bond motifs is 5. The van der Waals surface area contributed by atoms with Gasteiger partial charge in [0.15, 0.2) is 5.78 Å². The molecule has 4 aliphatic carbocycles. The molecule has 7 atom stereocenters. The molecule has 4 rings (SSSR count). The molecule has 0 heterocycles. The zero-order valence-corrected chi connectivity index (χ0v) is 17.3. The van der Waals surface area contributed by atoms with Crippen molar-refractivity contribution in [3.8, 4) is 0 Å². The molecule has 0 radical (unpaired) electrons. The normalized spacial score (nSPS) is 50.7. The fourth-order valence-corrected chi connectivity index (χ4v) is 7.93. The van der Waals surface area contributed by atoms with E-state index in [0.717, 1.165) is 38.0 Å². The summed E-state index contributed by atoms with van der Waals surface area (Å²) < 4.78 is 0. The van der Waals surface area contributed by atoms with Crippen molar-refractivity contribution in [2.75, 3.05) is 0 Å². The number of carbonyl (C=O) groups excluding carboxylic acids is 1. The van der Waals surface area contributed by atoms with Crippen molar-refractivity contribution in [3.05, 3.63) is 11.6 Å². The Morgan fingerprint density at radius 3 is 2.62 bits per heavy atom. The van der Waals surface area contributed by atoms with E-state index in [2.05, 4.69) is 27.7 Å². The SMILES string of the molecule is CCCC[C@]1(O)CC[C@H]2[C@@H]3CCC4=CC(=O)C[C@H](C)[C@]4(C)[C@H]3CC[C@@]21C. The third-order valence-electron chi connectivity index (χ3n) is 9.78. The highest BCUT2D eigenvalue weighted by atomic mass is 16.3. The Kier molecular flexibility index (Phi) is 4.46. The lowest BCUT2D eigenvalue weighted by Crippen LogP contribution is -2.56. The molecule has 26 heavy (non-hydrogen) atoms. The Morgan fingerprint density at radius 2 is 1.88 bits per heavy atom. The van der Waals surface area contributed by atoms with Gasteiger partial charge >= 0.3 is 0 Å². The first-order valence-corrected chi connectivity index (χ1v) is 11.2. The summed E-state index contributed by atoms with van der Waals surface area (Å²) in [5.74, 6) is 2.93. The van der Waals surface area contributed by atoms with Gasteiger partial charge in [0.25, 0.3) is 0 Å². The van der Waals surface area contributed by atoms with Crippen LogP contribution in [0.25, 0.3) is 0 Å². The highest BCUT2D eigenvalue weighted by molar-refractivity contribution is 5.92. The summed E-state index contributed by atoms with van der Waals surface area (Å²) in [4.78, 5) is 12.1. The number of hydrogen-bond donors (Lipinski definition) is 1. The van der Waals surface area contributed by atoms with Crippen LogP contribution < -0.4 is 0 Å². The van der Waals surface area contributed by atoms with E-state index in [0.29, 0.717) is 23.5 Å². The highest BCUT2D eigenvalue weighted by Gasteiger charge is 2.64. The van der Waals surface area contributed by atoms with Crippen molar-refractivity contribution in [1.29, 1.82) is 0 Å². The maximum atomic E-state index is 12.1. The van der Waals surface area contributed by atoms with Crippen LogP contribution in [-0.4, -0.2) is 16.5 Å². The summed E-state index contributed by atoms with van der Waals surface area (Å²) in [6, 6.07) is 0. The summed E-state index contributed by atoms with van der Waals surface area (Å²) in [5, 5.41) is 11.6. The maximum Gasteiger partial charge on any atom is 0.155 e. The molecule has 0 aromatic rings. The molecule has 2 nitrogen and oxygen atoms in total. The fourth-order valence-electron chi connectivity index (χ4n) is 7.93. The molecule has 0 aliphatic heterocycles. The van der Waals surface area contributed by atoms with E-state index >= 15 is 0 Å². The fraction of sp³-hybridized carbons (Fsp3) is 0.875. The molecule has 0 amide bonds. The number of carbonyl (C=O) groups is 1. The molecule has 0 unspecified atom stereocenters. The lowest BCUT2D eigenvalue weighted by molar-refractivity contribution is -0.138. The van der Waals surface area contributed by atoms with Gasteiger partial charge in [-0.1, -0.05) is 46.1 Å². The van der Waals surface area contributed by atoms with Crippen LogP contribution in [0.1, 0.15) is 91.9 Å². The zero-order chi connectivity index (χ0) is 18.7. The molecule has 0 saturated heterocycles. The Labute approximate surface area is 159 Å². The quantitative estimate of drug-likeness (QED) is 0.704. The van der Waals surface area contributed by atoms with E-state index in [1.165, 1.54) is 37.7 Å². The first-order chi connectivity index (χ1) is 12.3. The van der Waals surface area contributed by atoms with Crippen LogP contribution in [0.3, 0.4) is 0 Å². The van der Waals surface area contributed by atoms with Gasteiger partial charge in [-0.15, -0.1) is 0 Å². The minimum atomic E-state index is -0.441. The first kappa shape index (κ1) is 18.7. The van der Waals surface area contributed by atoms with Crippen molar-refractivity contribution in [3.63, 3.8) is 0 Å². The van der Waals surface area contributed by atoms with Crippen LogP contribution in [0.15, 0.2) is 11.6 Å². The first-order valence-electron chi connectivity index (χ1n) is 11.2. The summed E-state index contributed by atoms with van der Waals surface area (Å²) in [6.07, 6.45) is 13.0. The predicted octanol–water partition coefficient (Wildman–Crippen LogP) is 5.69. The lowest BCUT2D eigenvalue weighted by atomic mass is 9.44. The van der Waals surface area contributed by atoms with Crippen LogP contribution in [0.5, 0.6) is 0 Å². The molecule has 1 N–H and O–H groups in total. The van der Waals surface area contributed by atoms with E-state index in [9.17, 15) is 9.90 Å². The van der Waals surface area contributed by atoms with Crippen LogP contribution in [0.4, 0.5) is 0 Å². The second-order valence-electron chi connectivity index (χ2n) is 10.6. The van der Waals surface area contributed by atoms with Gasteiger partial charge in [-0.3, -0.25) is 4.79 Å². The molecular formula is C24H38O2. The average molecular weight is 359 g/mol. The van der Waals surface area contributed by atoms with Crippen LogP contribution in [-0.2, 0) is 4.79 Å². The average Bonchev–Trinajstić information content (AvgIpc) is 2.86. The van der Waals surface area contributed by atoms with Crippen molar-refractivity contribution >= 4 is 5.78 Å². The number of rotatable bonds is 3. The lowest BCUT2D eigenvalue weighted by Gasteiger charge is -2.60. The molecule has 4 aliphatic rings. The molecule has 2 heteroatoms. The van der Waals surface area contributed by atoms with Gasteiger partial charge in [0, 0.05) is 6.42 Å². The molecule has 0 bridgehead atoms. The number of ketones is 1. The van der Waals surface area contributed by atoms with E-state index < -0.39 is 5.60 Å². The van der Waals surface area contributed by atoms with Crippen molar-refractivity contribution < 1.29 is 9.90 Å². The predicted molar refractivity (Wildman–Crippen MR) is 106 cm³/mol. The van der Waals surface area contributed by atoms with E-state index in [1.54, 1.807) is 0 Å². The van der Waals surface area contributed by atoms with Gasteiger partial charge in [-0.2, -0.15) is 0 Å². The van der Waals surface area contributed by atoms with Gasteiger partial charge < -0.3 is 5.11 Å². The monoisotopic (exact) mass is 358 g/mol. The maximum absolute atomic E-state index is 12.1. The second kappa shape index (κ2) is 6.19.